The molecule has 33 heavy (non-hydrogen) atoms. The molecule has 0 radical (unpaired) electrons. The number of hydrogen-bond acceptors (Lipinski definition) is 6. The van der Waals surface area contributed by atoms with Gasteiger partial charge in [-0.2, -0.15) is 4.98 Å². The fraction of sp³-hybridized carbons (Fsp3) is 0.522. The molecule has 9 nitrogen and oxygen atoms in total. The second-order valence-electron chi connectivity index (χ2n) is 9.26. The maximum absolute atomic E-state index is 12.6. The third-order valence-electron chi connectivity index (χ3n) is 6.97. The van der Waals surface area contributed by atoms with Crippen molar-refractivity contribution in [2.45, 2.75) is 25.4 Å². The van der Waals surface area contributed by atoms with Crippen molar-refractivity contribution in [1.29, 1.82) is 0 Å². The number of urea groups is 1. The van der Waals surface area contributed by atoms with E-state index >= 15 is 0 Å². The number of nitrogens with two attached hydrogens (primary N) is 1. The number of carbonyl (C=O) groups excluding carboxylic acids is 1. The molecule has 4 heterocycles. The Balaban J connectivity index is 0.00000259. The Morgan fingerprint density at radius 2 is 1.76 bits per heavy atom. The van der Waals surface area contributed by atoms with Crippen molar-refractivity contribution in [2.75, 3.05) is 44.6 Å². The second-order valence-corrected chi connectivity index (χ2v) is 9.26. The molecule has 0 aliphatic carbocycles. The van der Waals surface area contributed by atoms with E-state index in [1.807, 2.05) is 29.2 Å². The maximum Gasteiger partial charge on any atom is 0.354 e. The predicted molar refractivity (Wildman–Crippen MR) is 130 cm³/mol. The van der Waals surface area contributed by atoms with Crippen LogP contribution in [0.15, 0.2) is 41.3 Å². The van der Waals surface area contributed by atoms with Crippen LogP contribution in [-0.4, -0.2) is 70.7 Å². The van der Waals surface area contributed by atoms with Crippen LogP contribution in [-0.2, 0) is 6.54 Å². The van der Waals surface area contributed by atoms with Crippen molar-refractivity contribution in [2.24, 2.45) is 17.6 Å². The number of anilines is 1. The summed E-state index contributed by atoms with van der Waals surface area (Å²) in [4.78, 5) is 33.5. The number of carbonyl (C=O) groups is 1. The molecule has 0 unspecified atom stereocenters. The van der Waals surface area contributed by atoms with E-state index in [1.54, 1.807) is 12.3 Å². The number of fused-ring (bicyclic) bond motifs is 1. The molecule has 1 aromatic heterocycles. The van der Waals surface area contributed by atoms with Crippen LogP contribution in [0.3, 0.4) is 0 Å². The molecule has 3 fully saturated rings. The van der Waals surface area contributed by atoms with E-state index in [1.165, 1.54) is 10.1 Å². The van der Waals surface area contributed by atoms with Gasteiger partial charge in [0, 0.05) is 45.0 Å². The highest BCUT2D eigenvalue weighted by Crippen LogP contribution is 2.26. The Hall–Kier alpha value is -2.46. The zero-order valence-corrected chi connectivity index (χ0v) is 19.5. The van der Waals surface area contributed by atoms with E-state index in [0.717, 1.165) is 64.3 Å². The monoisotopic (exact) mass is 473 g/mol. The van der Waals surface area contributed by atoms with Crippen LogP contribution in [0, 0.1) is 11.8 Å². The third-order valence-corrected chi connectivity index (χ3v) is 6.97. The first-order valence-corrected chi connectivity index (χ1v) is 11.5. The summed E-state index contributed by atoms with van der Waals surface area (Å²) in [6.07, 6.45) is 3.74. The number of aromatic nitrogens is 2. The molecular weight excluding hydrogens is 442 g/mol. The molecule has 10 heteroatoms. The highest BCUT2D eigenvalue weighted by atomic mass is 35.5. The largest absolute Gasteiger partial charge is 0.354 e. The van der Waals surface area contributed by atoms with Gasteiger partial charge in [-0.05, 0) is 61.5 Å². The lowest BCUT2D eigenvalue weighted by Gasteiger charge is -2.30. The number of rotatable bonds is 4. The normalized spacial score (nSPS) is 23.2. The summed E-state index contributed by atoms with van der Waals surface area (Å²) in [5.74, 6) is 1.33. The molecule has 3 aliphatic rings. The van der Waals surface area contributed by atoms with Gasteiger partial charge in [0.2, 0.25) is 0 Å². The van der Waals surface area contributed by atoms with Gasteiger partial charge in [0.05, 0.1) is 5.69 Å². The van der Waals surface area contributed by atoms with Gasteiger partial charge in [0.1, 0.15) is 5.82 Å². The van der Waals surface area contributed by atoms with Gasteiger partial charge in [0.25, 0.3) is 0 Å². The molecule has 4 N–H and O–H groups in total. The molecule has 2 atom stereocenters. The van der Waals surface area contributed by atoms with Crippen LogP contribution in [0.5, 0.6) is 0 Å². The molecule has 2 aromatic rings. The molecular formula is C23H32ClN7O2. The number of likely N-dealkylation sites (tertiary alicyclic amines) is 2. The van der Waals surface area contributed by atoms with E-state index < -0.39 is 5.69 Å². The van der Waals surface area contributed by atoms with Gasteiger partial charge in [-0.3, -0.25) is 14.8 Å². The number of amides is 2. The molecule has 3 aliphatic heterocycles. The van der Waals surface area contributed by atoms with Gasteiger partial charge in [-0.25, -0.2) is 9.59 Å². The van der Waals surface area contributed by atoms with E-state index in [4.69, 9.17) is 5.73 Å². The quantitative estimate of drug-likeness (QED) is 0.617. The van der Waals surface area contributed by atoms with Crippen LogP contribution in [0.25, 0.3) is 5.69 Å². The number of nitrogens with one attached hydrogen (secondary N) is 2. The first-order valence-electron chi connectivity index (χ1n) is 11.5. The van der Waals surface area contributed by atoms with E-state index in [0.29, 0.717) is 17.9 Å². The van der Waals surface area contributed by atoms with Crippen molar-refractivity contribution < 1.29 is 4.79 Å². The highest BCUT2D eigenvalue weighted by Gasteiger charge is 2.38. The smallest absolute Gasteiger partial charge is 0.328 e. The van der Waals surface area contributed by atoms with Gasteiger partial charge in [-0.1, -0.05) is 12.1 Å². The summed E-state index contributed by atoms with van der Waals surface area (Å²) in [5, 5.41) is 6.14. The molecule has 0 spiro atoms. The van der Waals surface area contributed by atoms with E-state index in [9.17, 15) is 9.59 Å². The van der Waals surface area contributed by atoms with E-state index in [2.05, 4.69) is 20.5 Å². The second kappa shape index (κ2) is 10.2. The minimum absolute atomic E-state index is 0. The Kier molecular flexibility index (Phi) is 7.33. The molecule has 3 saturated heterocycles. The number of piperidine rings is 1. The highest BCUT2D eigenvalue weighted by molar-refractivity contribution is 5.88. The molecule has 0 bridgehead atoms. The van der Waals surface area contributed by atoms with Gasteiger partial charge < -0.3 is 16.0 Å². The minimum Gasteiger partial charge on any atom is -0.328 e. The average Bonchev–Trinajstić information content (AvgIpc) is 3.39. The lowest BCUT2D eigenvalue weighted by molar-refractivity contribution is 0.205. The van der Waals surface area contributed by atoms with Crippen LogP contribution < -0.4 is 22.1 Å². The fourth-order valence-electron chi connectivity index (χ4n) is 5.01. The number of benzene rings is 1. The first kappa shape index (κ1) is 23.7. The van der Waals surface area contributed by atoms with Crippen molar-refractivity contribution in [1.82, 2.24) is 24.7 Å². The zero-order chi connectivity index (χ0) is 22.1. The Bertz CT molecular complexity index is 1010. The molecule has 5 rings (SSSR count). The minimum atomic E-state index is -0.414. The summed E-state index contributed by atoms with van der Waals surface area (Å²) >= 11 is 0. The zero-order valence-electron chi connectivity index (χ0n) is 18.7. The molecule has 178 valence electrons. The Labute approximate surface area is 199 Å². The summed E-state index contributed by atoms with van der Waals surface area (Å²) in [5.41, 5.74) is 7.53. The van der Waals surface area contributed by atoms with E-state index in [-0.39, 0.29) is 24.3 Å². The number of halogens is 1. The van der Waals surface area contributed by atoms with Crippen LogP contribution in [0.1, 0.15) is 18.4 Å². The lowest BCUT2D eigenvalue weighted by Crippen LogP contribution is -2.39. The van der Waals surface area contributed by atoms with Gasteiger partial charge >= 0.3 is 11.7 Å². The van der Waals surface area contributed by atoms with Crippen LogP contribution >= 0.6 is 12.4 Å². The van der Waals surface area contributed by atoms with Crippen LogP contribution in [0.4, 0.5) is 10.6 Å². The van der Waals surface area contributed by atoms with Crippen molar-refractivity contribution in [3.05, 3.63) is 52.6 Å². The Morgan fingerprint density at radius 1 is 1.09 bits per heavy atom. The van der Waals surface area contributed by atoms with Crippen molar-refractivity contribution in [3.63, 3.8) is 0 Å². The molecule has 2 amide bonds. The standard InChI is InChI=1S/C23H31N7O2.ClH/c24-19-5-8-28(9-6-19)13-16-1-3-20(4-2-16)30-10-7-21(27-23(30)32)26-22(31)29-14-17-11-25-12-18(17)15-29;/h1-4,7,10,17-19,25H,5-6,8-9,11-15,24H2,(H,26,27,31,32);1H/t17-,18+;. The van der Waals surface area contributed by atoms with Gasteiger partial charge in [-0.15, -0.1) is 12.4 Å². The average molecular weight is 474 g/mol. The first-order chi connectivity index (χ1) is 15.5. The van der Waals surface area contributed by atoms with Crippen LogP contribution in [0.2, 0.25) is 0 Å². The Morgan fingerprint density at radius 3 is 2.39 bits per heavy atom. The summed E-state index contributed by atoms with van der Waals surface area (Å²) in [6, 6.07) is 9.77. The van der Waals surface area contributed by atoms with Gasteiger partial charge in [0.15, 0.2) is 0 Å². The molecule has 0 saturated carbocycles. The number of nitrogens with zero attached hydrogens (tertiary/aromatic N) is 4. The molecule has 1 aromatic carbocycles. The van der Waals surface area contributed by atoms with Crippen molar-refractivity contribution in [3.8, 4) is 5.69 Å². The predicted octanol–water partition coefficient (Wildman–Crippen LogP) is 1.26. The fourth-order valence-corrected chi connectivity index (χ4v) is 5.01. The van der Waals surface area contributed by atoms with Crippen molar-refractivity contribution >= 4 is 24.3 Å². The lowest BCUT2D eigenvalue weighted by atomic mass is 10.0. The maximum atomic E-state index is 12.6. The third kappa shape index (κ3) is 5.38. The SMILES string of the molecule is Cl.NC1CCN(Cc2ccc(-n3ccc(NC(=O)N4C[C@H]5CNC[C@H]5C4)nc3=O)cc2)CC1. The summed E-state index contributed by atoms with van der Waals surface area (Å²) in [6.45, 7) is 6.36. The topological polar surface area (TPSA) is 109 Å². The summed E-state index contributed by atoms with van der Waals surface area (Å²) in [7, 11) is 0. The number of hydrogen-bond donors (Lipinski definition) is 3. The summed E-state index contributed by atoms with van der Waals surface area (Å²) < 4.78 is 1.49.